The van der Waals surface area contributed by atoms with E-state index < -0.39 is 0 Å². The molecule has 1 unspecified atom stereocenters. The molecule has 0 saturated heterocycles. The number of ether oxygens (including phenoxy) is 1. The van der Waals surface area contributed by atoms with Gasteiger partial charge in [-0.1, -0.05) is 42.5 Å². The summed E-state index contributed by atoms with van der Waals surface area (Å²) >= 11 is 1.97. The van der Waals surface area contributed by atoms with E-state index in [2.05, 4.69) is 53.8 Å². The van der Waals surface area contributed by atoms with Crippen molar-refractivity contribution < 1.29 is 4.74 Å². The Balaban J connectivity index is 1.67. The molecule has 110 valence electrons. The molecule has 3 heteroatoms. The van der Waals surface area contributed by atoms with Crippen molar-refractivity contribution in [1.82, 2.24) is 5.32 Å². The van der Waals surface area contributed by atoms with Crippen molar-refractivity contribution in [1.29, 1.82) is 0 Å². The monoisotopic (exact) mass is 299 g/mol. The number of hydrogen-bond donors (Lipinski definition) is 1. The summed E-state index contributed by atoms with van der Waals surface area (Å²) in [7, 11) is 1.74. The van der Waals surface area contributed by atoms with Crippen LogP contribution in [0.3, 0.4) is 0 Å². The normalized spacial score (nSPS) is 17.5. The Labute approximate surface area is 130 Å². The highest BCUT2D eigenvalue weighted by atomic mass is 32.2. The molecule has 1 aliphatic rings. The number of fused-ring (bicyclic) bond motifs is 1. The zero-order chi connectivity index (χ0) is 14.5. The van der Waals surface area contributed by atoms with Crippen LogP contribution in [0.4, 0.5) is 0 Å². The van der Waals surface area contributed by atoms with Crippen LogP contribution in [0.2, 0.25) is 0 Å². The molecule has 1 heterocycles. The van der Waals surface area contributed by atoms with Crippen LogP contribution in [0.15, 0.2) is 53.4 Å². The molecule has 0 radical (unpaired) electrons. The molecule has 2 aromatic carbocycles. The van der Waals surface area contributed by atoms with Gasteiger partial charge in [0.2, 0.25) is 0 Å². The summed E-state index contributed by atoms with van der Waals surface area (Å²) in [4.78, 5) is 1.43. The van der Waals surface area contributed by atoms with E-state index in [-0.39, 0.29) is 0 Å². The maximum Gasteiger partial charge on any atom is 0.0713 e. The molecular weight excluding hydrogens is 278 g/mol. The summed E-state index contributed by atoms with van der Waals surface area (Å²) in [5.41, 5.74) is 4.00. The van der Waals surface area contributed by atoms with Crippen molar-refractivity contribution >= 4 is 11.8 Å². The average molecular weight is 299 g/mol. The van der Waals surface area contributed by atoms with E-state index in [1.807, 2.05) is 11.8 Å². The summed E-state index contributed by atoms with van der Waals surface area (Å²) in [5, 5.41) is 3.71. The highest BCUT2D eigenvalue weighted by molar-refractivity contribution is 7.99. The standard InChI is InChI=1S/C18H21NOS/c1-20-13-15-6-4-5-14(11-15)12-19-17-9-10-21-18-8-3-2-7-16(17)18/h2-8,11,17,19H,9-10,12-13H2,1H3. The van der Waals surface area contributed by atoms with Gasteiger partial charge < -0.3 is 10.1 Å². The maximum absolute atomic E-state index is 5.20. The maximum atomic E-state index is 5.20. The second kappa shape index (κ2) is 7.12. The average Bonchev–Trinajstić information content (AvgIpc) is 2.53. The summed E-state index contributed by atoms with van der Waals surface area (Å²) in [6.07, 6.45) is 1.19. The van der Waals surface area contributed by atoms with E-state index in [1.165, 1.54) is 33.8 Å². The highest BCUT2D eigenvalue weighted by Gasteiger charge is 2.19. The summed E-state index contributed by atoms with van der Waals surface area (Å²) in [6.45, 7) is 1.58. The van der Waals surface area contributed by atoms with Crippen LogP contribution in [0, 0.1) is 0 Å². The first-order chi connectivity index (χ1) is 10.4. The first kappa shape index (κ1) is 14.6. The van der Waals surface area contributed by atoms with Crippen LogP contribution in [0.5, 0.6) is 0 Å². The molecule has 0 bridgehead atoms. The van der Waals surface area contributed by atoms with E-state index in [9.17, 15) is 0 Å². The molecule has 1 N–H and O–H groups in total. The number of methoxy groups -OCH3 is 1. The number of hydrogen-bond acceptors (Lipinski definition) is 3. The minimum absolute atomic E-state index is 0.466. The lowest BCUT2D eigenvalue weighted by atomic mass is 10.0. The van der Waals surface area contributed by atoms with E-state index in [1.54, 1.807) is 7.11 Å². The van der Waals surface area contributed by atoms with Gasteiger partial charge in [-0.3, -0.25) is 0 Å². The Kier molecular flexibility index (Phi) is 4.96. The Morgan fingerprint density at radius 3 is 2.90 bits per heavy atom. The zero-order valence-corrected chi connectivity index (χ0v) is 13.2. The molecule has 2 nitrogen and oxygen atoms in total. The van der Waals surface area contributed by atoms with Crippen LogP contribution in [0.25, 0.3) is 0 Å². The van der Waals surface area contributed by atoms with E-state index in [0.717, 1.165) is 6.54 Å². The van der Waals surface area contributed by atoms with Gasteiger partial charge >= 0.3 is 0 Å². The topological polar surface area (TPSA) is 21.3 Å². The smallest absolute Gasteiger partial charge is 0.0713 e. The minimum Gasteiger partial charge on any atom is -0.380 e. The molecule has 0 aromatic heterocycles. The first-order valence-electron chi connectivity index (χ1n) is 7.38. The fraction of sp³-hybridized carbons (Fsp3) is 0.333. The van der Waals surface area contributed by atoms with Crippen molar-refractivity contribution in [2.45, 2.75) is 30.5 Å². The fourth-order valence-corrected chi connectivity index (χ4v) is 3.92. The van der Waals surface area contributed by atoms with Gasteiger partial charge in [-0.15, -0.1) is 11.8 Å². The van der Waals surface area contributed by atoms with Crippen LogP contribution in [-0.4, -0.2) is 12.9 Å². The van der Waals surface area contributed by atoms with Gasteiger partial charge in [0.15, 0.2) is 0 Å². The molecule has 0 spiro atoms. The molecule has 1 aliphatic heterocycles. The van der Waals surface area contributed by atoms with Gasteiger partial charge in [0.05, 0.1) is 6.61 Å². The van der Waals surface area contributed by atoms with Gasteiger partial charge in [0.1, 0.15) is 0 Å². The molecule has 1 atom stereocenters. The predicted octanol–water partition coefficient (Wildman–Crippen LogP) is 4.16. The third-order valence-electron chi connectivity index (χ3n) is 3.81. The lowest BCUT2D eigenvalue weighted by Gasteiger charge is -2.26. The zero-order valence-electron chi connectivity index (χ0n) is 12.3. The lowest BCUT2D eigenvalue weighted by Crippen LogP contribution is -2.24. The Morgan fingerprint density at radius 1 is 1.14 bits per heavy atom. The van der Waals surface area contributed by atoms with Crippen molar-refractivity contribution in [2.75, 3.05) is 12.9 Å². The minimum atomic E-state index is 0.466. The number of nitrogens with one attached hydrogen (secondary N) is 1. The molecule has 0 fully saturated rings. The van der Waals surface area contributed by atoms with Crippen LogP contribution in [0.1, 0.15) is 29.2 Å². The van der Waals surface area contributed by atoms with Crippen molar-refractivity contribution in [3.05, 3.63) is 65.2 Å². The number of thioether (sulfide) groups is 1. The molecule has 0 aliphatic carbocycles. The van der Waals surface area contributed by atoms with E-state index >= 15 is 0 Å². The fourth-order valence-electron chi connectivity index (χ4n) is 2.79. The summed E-state index contributed by atoms with van der Waals surface area (Å²) < 4.78 is 5.20. The van der Waals surface area contributed by atoms with Crippen LogP contribution in [-0.2, 0) is 17.9 Å². The predicted molar refractivity (Wildman–Crippen MR) is 88.5 cm³/mol. The van der Waals surface area contributed by atoms with Crippen molar-refractivity contribution in [3.8, 4) is 0 Å². The van der Waals surface area contributed by atoms with Crippen molar-refractivity contribution in [2.24, 2.45) is 0 Å². The second-order valence-corrected chi connectivity index (χ2v) is 6.50. The number of benzene rings is 2. The molecule has 0 amide bonds. The van der Waals surface area contributed by atoms with Crippen LogP contribution >= 0.6 is 11.8 Å². The number of rotatable bonds is 5. The summed E-state index contributed by atoms with van der Waals surface area (Å²) in [6, 6.07) is 17.8. The Bertz CT molecular complexity index is 599. The SMILES string of the molecule is COCc1cccc(CNC2CCSc3ccccc32)c1. The quantitative estimate of drug-likeness (QED) is 0.895. The van der Waals surface area contributed by atoms with E-state index in [4.69, 9.17) is 4.74 Å². The highest BCUT2D eigenvalue weighted by Crippen LogP contribution is 2.35. The molecule has 0 saturated carbocycles. The third kappa shape index (κ3) is 3.67. The second-order valence-electron chi connectivity index (χ2n) is 5.36. The summed E-state index contributed by atoms with van der Waals surface area (Å²) in [5.74, 6) is 1.19. The third-order valence-corrected chi connectivity index (χ3v) is 4.94. The molecule has 2 aromatic rings. The van der Waals surface area contributed by atoms with Crippen molar-refractivity contribution in [3.63, 3.8) is 0 Å². The van der Waals surface area contributed by atoms with Crippen LogP contribution < -0.4 is 5.32 Å². The molecule has 21 heavy (non-hydrogen) atoms. The Hall–Kier alpha value is -1.29. The van der Waals surface area contributed by atoms with Gasteiger partial charge in [-0.25, -0.2) is 0 Å². The molecular formula is C18H21NOS. The van der Waals surface area contributed by atoms with Gasteiger partial charge in [-0.2, -0.15) is 0 Å². The van der Waals surface area contributed by atoms with Gasteiger partial charge in [0.25, 0.3) is 0 Å². The van der Waals surface area contributed by atoms with E-state index in [0.29, 0.717) is 12.6 Å². The Morgan fingerprint density at radius 2 is 2.00 bits per heavy atom. The first-order valence-corrected chi connectivity index (χ1v) is 8.37. The van der Waals surface area contributed by atoms with Gasteiger partial charge in [0, 0.05) is 24.6 Å². The molecule has 3 rings (SSSR count). The lowest BCUT2D eigenvalue weighted by molar-refractivity contribution is 0.185. The largest absolute Gasteiger partial charge is 0.380 e. The van der Waals surface area contributed by atoms with Gasteiger partial charge in [-0.05, 0) is 34.9 Å².